The van der Waals surface area contributed by atoms with Crippen molar-refractivity contribution in [3.63, 3.8) is 0 Å². The summed E-state index contributed by atoms with van der Waals surface area (Å²) < 4.78 is 44.7. The van der Waals surface area contributed by atoms with E-state index in [9.17, 15) is 29.5 Å². The maximum absolute atomic E-state index is 12.8. The maximum atomic E-state index is 12.8. The highest BCUT2D eigenvalue weighted by Gasteiger charge is 2.45. The van der Waals surface area contributed by atoms with Gasteiger partial charge in [0.15, 0.2) is 12.2 Å². The van der Waals surface area contributed by atoms with Crippen LogP contribution in [-0.2, 0) is 49.3 Å². The molecule has 2 N–H and O–H groups in total. The van der Waals surface area contributed by atoms with Gasteiger partial charge in [0.1, 0.15) is 24.9 Å². The number of azide groups is 1. The molecule has 2 aliphatic heterocycles. The number of methoxy groups -OCH3 is 1. The molecular formula is C49H49N3O14. The average molecular weight is 904 g/mol. The van der Waals surface area contributed by atoms with Crippen molar-refractivity contribution >= 4 is 29.8 Å². The van der Waals surface area contributed by atoms with Gasteiger partial charge in [0.25, 0.3) is 0 Å². The highest BCUT2D eigenvalue weighted by atomic mass is 16.7. The fourth-order valence-corrected chi connectivity index (χ4v) is 7.03. The first-order chi connectivity index (χ1) is 31.6. The van der Waals surface area contributed by atoms with Crippen molar-refractivity contribution in [2.24, 2.45) is 11.0 Å². The number of rotatable bonds is 14. The highest BCUT2D eigenvalue weighted by Crippen LogP contribution is 2.30. The van der Waals surface area contributed by atoms with E-state index in [1.807, 2.05) is 43.3 Å². The van der Waals surface area contributed by atoms with E-state index < -0.39 is 72.7 Å². The lowest BCUT2D eigenvalue weighted by molar-refractivity contribution is -0.208. The molecule has 5 aromatic carbocycles. The van der Waals surface area contributed by atoms with E-state index >= 15 is 0 Å². The highest BCUT2D eigenvalue weighted by molar-refractivity contribution is 5.91. The molecule has 8 atom stereocenters. The molecule has 66 heavy (non-hydrogen) atoms. The minimum Gasteiger partial charge on any atom is -0.467 e. The van der Waals surface area contributed by atoms with Crippen molar-refractivity contribution in [1.29, 1.82) is 0 Å². The molecule has 7 rings (SSSR count). The van der Waals surface area contributed by atoms with Gasteiger partial charge in [-0.3, -0.25) is 0 Å². The molecule has 0 saturated carbocycles. The first kappa shape index (κ1) is 49.6. The molecular weight excluding hydrogens is 855 g/mol. The summed E-state index contributed by atoms with van der Waals surface area (Å²) in [6, 6.07) is 42.1. The van der Waals surface area contributed by atoms with Crippen molar-refractivity contribution in [3.05, 3.63) is 190 Å². The van der Waals surface area contributed by atoms with E-state index in [0.717, 1.165) is 5.56 Å². The second-order valence-corrected chi connectivity index (χ2v) is 14.8. The van der Waals surface area contributed by atoms with E-state index in [1.165, 1.54) is 7.11 Å². The number of hydrogen-bond acceptors (Lipinski definition) is 14. The molecule has 0 bridgehead atoms. The van der Waals surface area contributed by atoms with Crippen LogP contribution in [0.3, 0.4) is 0 Å². The smallest absolute Gasteiger partial charge is 0.340 e. The standard InChI is InChI=1S/C27H23N3O7.C22H24O6.H2O/c28-30-29-23-22(36-25(32)19-12-6-2-7-13-19)16-21(17-34-24(31)18-10-4-1-5-11-18)35-27(23)37-26(33)20-14-8-3-9-15-20;1-15-19(26-13-16-9-5-3-6-10-16)18(14-27-20(15)22(24)25-2)28-21(23)17-11-7-4-8-12-17;/h1-15,21-23,27H,16-17H2;3-12,15,18-20H,13-14H2,1-2H3;1H2. The molecule has 17 heteroatoms. The topological polar surface area (TPSA) is 239 Å². The number of hydrogen-bond donors (Lipinski definition) is 0. The van der Waals surface area contributed by atoms with Crippen LogP contribution >= 0.6 is 0 Å². The van der Waals surface area contributed by atoms with Gasteiger partial charge in [-0.1, -0.05) is 115 Å². The Bertz CT molecular complexity index is 2310. The van der Waals surface area contributed by atoms with E-state index in [2.05, 4.69) is 10.0 Å². The lowest BCUT2D eigenvalue weighted by Gasteiger charge is -2.39. The Labute approximate surface area is 380 Å². The monoisotopic (exact) mass is 903 g/mol. The van der Waals surface area contributed by atoms with Crippen LogP contribution in [0.1, 0.15) is 60.3 Å². The van der Waals surface area contributed by atoms with Crippen LogP contribution < -0.4 is 0 Å². The third-order valence-electron chi connectivity index (χ3n) is 10.4. The molecule has 8 unspecified atom stereocenters. The summed E-state index contributed by atoms with van der Waals surface area (Å²) in [6.45, 7) is 2.01. The maximum Gasteiger partial charge on any atom is 0.340 e. The molecule has 0 radical (unpaired) electrons. The fraction of sp³-hybridized carbons (Fsp3) is 0.286. The molecule has 344 valence electrons. The second-order valence-electron chi connectivity index (χ2n) is 14.8. The van der Waals surface area contributed by atoms with Gasteiger partial charge >= 0.3 is 29.8 Å². The molecule has 0 aliphatic carbocycles. The van der Waals surface area contributed by atoms with Crippen LogP contribution in [0.4, 0.5) is 0 Å². The van der Waals surface area contributed by atoms with Gasteiger partial charge in [0, 0.05) is 17.3 Å². The Morgan fingerprint density at radius 1 is 0.652 bits per heavy atom. The van der Waals surface area contributed by atoms with Gasteiger partial charge in [-0.2, -0.15) is 0 Å². The molecule has 0 spiro atoms. The summed E-state index contributed by atoms with van der Waals surface area (Å²) >= 11 is 0. The van der Waals surface area contributed by atoms with Gasteiger partial charge in [-0.25, -0.2) is 24.0 Å². The Hall–Kier alpha value is -7.40. The van der Waals surface area contributed by atoms with Crippen molar-refractivity contribution in [2.75, 3.05) is 20.3 Å². The average Bonchev–Trinajstić information content (AvgIpc) is 3.35. The number of benzene rings is 5. The first-order valence-electron chi connectivity index (χ1n) is 20.7. The zero-order valence-electron chi connectivity index (χ0n) is 36.0. The van der Waals surface area contributed by atoms with E-state index in [-0.39, 0.29) is 36.6 Å². The van der Waals surface area contributed by atoms with Gasteiger partial charge in [-0.15, -0.1) is 0 Å². The van der Waals surface area contributed by atoms with Crippen molar-refractivity contribution in [1.82, 2.24) is 0 Å². The van der Waals surface area contributed by atoms with Crippen LogP contribution in [0.15, 0.2) is 157 Å². The summed E-state index contributed by atoms with van der Waals surface area (Å²) in [5.74, 6) is -3.21. The van der Waals surface area contributed by atoms with E-state index in [0.29, 0.717) is 23.3 Å². The molecule has 2 fully saturated rings. The predicted octanol–water partition coefficient (Wildman–Crippen LogP) is 6.90. The number of carbonyl (C=O) groups is 5. The van der Waals surface area contributed by atoms with Gasteiger partial charge in [-0.05, 0) is 59.6 Å². The lowest BCUT2D eigenvalue weighted by atomic mass is 9.91. The van der Waals surface area contributed by atoms with Crippen LogP contribution in [0, 0.1) is 5.92 Å². The third kappa shape index (κ3) is 13.8. The Morgan fingerprint density at radius 3 is 1.59 bits per heavy atom. The molecule has 0 aromatic heterocycles. The zero-order valence-corrected chi connectivity index (χ0v) is 36.0. The van der Waals surface area contributed by atoms with Crippen LogP contribution in [0.25, 0.3) is 10.4 Å². The molecule has 2 aliphatic rings. The second kappa shape index (κ2) is 25.2. The fourth-order valence-electron chi connectivity index (χ4n) is 7.03. The predicted molar refractivity (Wildman–Crippen MR) is 236 cm³/mol. The van der Waals surface area contributed by atoms with Crippen LogP contribution in [0.2, 0.25) is 0 Å². The van der Waals surface area contributed by atoms with Crippen LogP contribution in [-0.4, -0.2) is 98.5 Å². The van der Waals surface area contributed by atoms with Crippen molar-refractivity contribution in [2.45, 2.75) is 62.8 Å². The summed E-state index contributed by atoms with van der Waals surface area (Å²) in [6.07, 6.45) is -5.11. The molecule has 2 heterocycles. The van der Waals surface area contributed by atoms with Gasteiger partial charge < -0.3 is 43.4 Å². The van der Waals surface area contributed by atoms with Gasteiger partial charge in [0.2, 0.25) is 6.29 Å². The third-order valence-corrected chi connectivity index (χ3v) is 10.4. The summed E-state index contributed by atoms with van der Waals surface area (Å²) in [5, 5.41) is 3.71. The minimum absolute atomic E-state index is 0. The largest absolute Gasteiger partial charge is 0.467 e. The summed E-state index contributed by atoms with van der Waals surface area (Å²) in [4.78, 5) is 65.3. The van der Waals surface area contributed by atoms with Crippen molar-refractivity contribution < 1.29 is 67.3 Å². The van der Waals surface area contributed by atoms with Crippen molar-refractivity contribution in [3.8, 4) is 0 Å². The molecule has 2 saturated heterocycles. The summed E-state index contributed by atoms with van der Waals surface area (Å²) in [7, 11) is 1.32. The number of nitrogens with zero attached hydrogens (tertiary/aromatic N) is 3. The van der Waals surface area contributed by atoms with E-state index in [1.54, 1.807) is 115 Å². The molecule has 5 aromatic rings. The molecule has 17 nitrogen and oxygen atoms in total. The minimum atomic E-state index is -1.40. The lowest BCUT2D eigenvalue weighted by Crippen LogP contribution is -2.53. The zero-order chi connectivity index (χ0) is 46.0. The summed E-state index contributed by atoms with van der Waals surface area (Å²) in [5.41, 5.74) is 11.5. The first-order valence-corrected chi connectivity index (χ1v) is 20.7. The van der Waals surface area contributed by atoms with Gasteiger partial charge in [0.05, 0.1) is 48.7 Å². The SMILES string of the molecule is COC(=O)C1OCC(OC(=O)c2ccccc2)C(OCc2ccccc2)C1C.O.[N-]=[N+]=NC1C(OC(=O)c2ccccc2)CC(COC(=O)c2ccccc2)OC1OC(=O)c1ccccc1. The Kier molecular flexibility index (Phi) is 18.9. The Balaban J connectivity index is 0.000000253. The number of carbonyl (C=O) groups excluding carboxylic acids is 5. The van der Waals surface area contributed by atoms with E-state index in [4.69, 9.17) is 37.9 Å². The molecule has 0 amide bonds. The normalized spacial score (nSPS) is 21.9. The number of ether oxygens (including phenoxy) is 8. The number of esters is 5. The Morgan fingerprint density at radius 2 is 1.11 bits per heavy atom. The quantitative estimate of drug-likeness (QED) is 0.0363. The van der Waals surface area contributed by atoms with Crippen LogP contribution in [0.5, 0.6) is 0 Å².